The number of rotatable bonds is 7. The summed E-state index contributed by atoms with van der Waals surface area (Å²) in [5.74, 6) is 0.856. The van der Waals surface area contributed by atoms with E-state index in [4.69, 9.17) is 5.11 Å². The average Bonchev–Trinajstić information content (AvgIpc) is 3.18. The molecule has 0 saturated heterocycles. The number of nitrogens with zero attached hydrogens (tertiary/aromatic N) is 1. The number of hydrogen-bond acceptors (Lipinski definition) is 4. The highest BCUT2D eigenvalue weighted by atomic mass is 32.2. The van der Waals surface area contributed by atoms with E-state index >= 15 is 0 Å². The van der Waals surface area contributed by atoms with Crippen LogP contribution in [0.2, 0.25) is 0 Å². The highest BCUT2D eigenvalue weighted by Crippen LogP contribution is 2.38. The number of halogens is 3. The van der Waals surface area contributed by atoms with Crippen LogP contribution in [0.5, 0.6) is 0 Å². The maximum atomic E-state index is 12.8. The van der Waals surface area contributed by atoms with E-state index in [0.29, 0.717) is 17.4 Å². The molecule has 1 saturated carbocycles. The molecule has 3 nitrogen and oxygen atoms in total. The molecular formula is C26H26F3NO2S2. The van der Waals surface area contributed by atoms with Crippen molar-refractivity contribution in [2.45, 2.75) is 61.8 Å². The van der Waals surface area contributed by atoms with Crippen molar-refractivity contribution >= 4 is 29.1 Å². The van der Waals surface area contributed by atoms with Gasteiger partial charge in [0.25, 0.3) is 0 Å². The fourth-order valence-corrected chi connectivity index (χ4v) is 6.53. The Morgan fingerprint density at radius 2 is 1.71 bits per heavy atom. The summed E-state index contributed by atoms with van der Waals surface area (Å²) >= 11 is 3.24. The molecule has 1 N–H and O–H groups in total. The third-order valence-corrected chi connectivity index (χ3v) is 8.81. The normalized spacial score (nSPS) is 18.7. The summed E-state index contributed by atoms with van der Waals surface area (Å²) in [6.45, 7) is 1.93. The Morgan fingerprint density at radius 1 is 1.06 bits per heavy atom. The van der Waals surface area contributed by atoms with Crippen molar-refractivity contribution in [2.75, 3.05) is 0 Å². The summed E-state index contributed by atoms with van der Waals surface area (Å²) in [5, 5.41) is 9.71. The molecule has 0 unspecified atom stereocenters. The molecular weight excluding hydrogens is 479 g/mol. The summed E-state index contributed by atoms with van der Waals surface area (Å²) in [7, 11) is 0. The van der Waals surface area contributed by atoms with E-state index in [1.165, 1.54) is 29.0 Å². The fourth-order valence-electron chi connectivity index (χ4n) is 4.42. The predicted molar refractivity (Wildman–Crippen MR) is 130 cm³/mol. The van der Waals surface area contributed by atoms with Crippen LogP contribution in [-0.2, 0) is 16.7 Å². The fraction of sp³-hybridized carbons (Fsp3) is 0.385. The summed E-state index contributed by atoms with van der Waals surface area (Å²) in [6.07, 6.45) is -0.0402. The zero-order valence-corrected chi connectivity index (χ0v) is 20.4. The Hall–Kier alpha value is -2.32. The van der Waals surface area contributed by atoms with Gasteiger partial charge in [-0.1, -0.05) is 24.3 Å². The van der Waals surface area contributed by atoms with Gasteiger partial charge in [0.15, 0.2) is 0 Å². The lowest BCUT2D eigenvalue weighted by molar-refractivity contribution is -0.139. The van der Waals surface area contributed by atoms with E-state index in [2.05, 4.69) is 29.2 Å². The van der Waals surface area contributed by atoms with Gasteiger partial charge < -0.3 is 5.11 Å². The minimum absolute atomic E-state index is 0.278. The average molecular weight is 506 g/mol. The minimum atomic E-state index is -4.34. The summed E-state index contributed by atoms with van der Waals surface area (Å²) in [5.41, 5.74) is 2.26. The second-order valence-electron chi connectivity index (χ2n) is 8.78. The van der Waals surface area contributed by atoms with E-state index in [0.717, 1.165) is 64.0 Å². The van der Waals surface area contributed by atoms with Crippen LogP contribution in [0, 0.1) is 12.8 Å². The predicted octanol–water partition coefficient (Wildman–Crippen LogP) is 8.18. The van der Waals surface area contributed by atoms with E-state index in [-0.39, 0.29) is 6.42 Å². The maximum absolute atomic E-state index is 12.8. The number of hydrogen-bond donors (Lipinski definition) is 1. The van der Waals surface area contributed by atoms with Gasteiger partial charge >= 0.3 is 12.1 Å². The first-order valence-electron chi connectivity index (χ1n) is 11.3. The van der Waals surface area contributed by atoms with Crippen LogP contribution in [-0.4, -0.2) is 16.1 Å². The van der Waals surface area contributed by atoms with Gasteiger partial charge in [0.2, 0.25) is 0 Å². The number of carbonyl (C=O) groups is 1. The standard InChI is InChI=1S/C26H26F3NO2S2/c1-16-23(34-25(30-16)20-6-10-21(11-7-20)26(27,28)29)15-33-22-12-8-19(9-13-22)18-4-2-17(3-5-18)14-24(31)32/h6-13,17-18H,2-5,14-15H2,1H3,(H,31,32). The first kappa shape index (κ1) is 24.8. The monoisotopic (exact) mass is 505 g/mol. The summed E-state index contributed by atoms with van der Waals surface area (Å²) in [6, 6.07) is 13.8. The van der Waals surface area contributed by atoms with Crippen LogP contribution >= 0.6 is 23.1 Å². The molecule has 1 aromatic heterocycles. The first-order valence-corrected chi connectivity index (χ1v) is 13.1. The molecule has 1 heterocycles. The molecule has 1 aliphatic rings. The van der Waals surface area contributed by atoms with Crippen molar-refractivity contribution in [1.29, 1.82) is 0 Å². The van der Waals surface area contributed by atoms with Crippen molar-refractivity contribution in [3.8, 4) is 10.6 Å². The third kappa shape index (κ3) is 6.21. The number of benzene rings is 2. The number of thiazole rings is 1. The lowest BCUT2D eigenvalue weighted by atomic mass is 9.77. The number of alkyl halides is 3. The first-order chi connectivity index (χ1) is 16.2. The van der Waals surface area contributed by atoms with Gasteiger partial charge in [0.05, 0.1) is 11.3 Å². The second-order valence-corrected chi connectivity index (χ2v) is 10.9. The molecule has 1 aliphatic carbocycles. The van der Waals surface area contributed by atoms with Crippen molar-refractivity contribution in [2.24, 2.45) is 5.92 Å². The zero-order valence-electron chi connectivity index (χ0n) is 18.8. The Balaban J connectivity index is 1.33. The van der Waals surface area contributed by atoms with Crippen LogP contribution in [0.25, 0.3) is 10.6 Å². The van der Waals surface area contributed by atoms with Crippen LogP contribution in [0.3, 0.4) is 0 Å². The van der Waals surface area contributed by atoms with Gasteiger partial charge in [-0.15, -0.1) is 23.1 Å². The van der Waals surface area contributed by atoms with Crippen LogP contribution in [0.4, 0.5) is 13.2 Å². The summed E-state index contributed by atoms with van der Waals surface area (Å²) in [4.78, 5) is 17.8. The lowest BCUT2D eigenvalue weighted by Gasteiger charge is -2.28. The zero-order chi connectivity index (χ0) is 24.3. The summed E-state index contributed by atoms with van der Waals surface area (Å²) < 4.78 is 38.4. The largest absolute Gasteiger partial charge is 0.481 e. The number of thioether (sulfide) groups is 1. The highest BCUT2D eigenvalue weighted by Gasteiger charge is 2.30. The molecule has 0 aliphatic heterocycles. The highest BCUT2D eigenvalue weighted by molar-refractivity contribution is 7.98. The molecule has 8 heteroatoms. The molecule has 1 fully saturated rings. The van der Waals surface area contributed by atoms with E-state index < -0.39 is 17.7 Å². The Labute approximate surface area is 205 Å². The van der Waals surface area contributed by atoms with Gasteiger partial charge in [0.1, 0.15) is 5.01 Å². The number of carboxylic acids is 1. The van der Waals surface area contributed by atoms with Crippen LogP contribution < -0.4 is 0 Å². The van der Waals surface area contributed by atoms with Crippen LogP contribution in [0.1, 0.15) is 59.7 Å². The number of aliphatic carboxylic acids is 1. The molecule has 3 aromatic rings. The molecule has 0 radical (unpaired) electrons. The van der Waals surface area contributed by atoms with Crippen molar-refractivity contribution in [3.05, 3.63) is 70.2 Å². The molecule has 2 aromatic carbocycles. The Kier molecular flexibility index (Phi) is 7.67. The Bertz CT molecular complexity index is 1120. The van der Waals surface area contributed by atoms with E-state index in [1.54, 1.807) is 11.8 Å². The topological polar surface area (TPSA) is 50.2 Å². The quantitative estimate of drug-likeness (QED) is 0.329. The van der Waals surface area contributed by atoms with Crippen molar-refractivity contribution in [3.63, 3.8) is 0 Å². The second kappa shape index (κ2) is 10.5. The smallest absolute Gasteiger partial charge is 0.416 e. The maximum Gasteiger partial charge on any atom is 0.416 e. The van der Waals surface area contributed by atoms with Gasteiger partial charge in [-0.2, -0.15) is 13.2 Å². The van der Waals surface area contributed by atoms with Crippen molar-refractivity contribution < 1.29 is 23.1 Å². The van der Waals surface area contributed by atoms with Crippen LogP contribution in [0.15, 0.2) is 53.4 Å². The molecule has 4 rings (SSSR count). The van der Waals surface area contributed by atoms with Gasteiger partial charge in [-0.3, -0.25) is 4.79 Å². The molecule has 0 atom stereocenters. The molecule has 0 spiro atoms. The number of aryl methyl sites for hydroxylation is 1. The van der Waals surface area contributed by atoms with Gasteiger partial charge in [-0.25, -0.2) is 4.98 Å². The van der Waals surface area contributed by atoms with Crippen molar-refractivity contribution in [1.82, 2.24) is 4.98 Å². The molecule has 0 amide bonds. The van der Waals surface area contributed by atoms with Gasteiger partial charge in [-0.05, 0) is 74.3 Å². The molecule has 0 bridgehead atoms. The van der Waals surface area contributed by atoms with E-state index in [1.807, 2.05) is 6.92 Å². The van der Waals surface area contributed by atoms with Gasteiger partial charge in [0, 0.05) is 27.5 Å². The number of aromatic nitrogens is 1. The molecule has 180 valence electrons. The van der Waals surface area contributed by atoms with E-state index in [9.17, 15) is 18.0 Å². The molecule has 34 heavy (non-hydrogen) atoms. The third-order valence-electron chi connectivity index (χ3n) is 6.38. The number of carboxylic acid groups (broad SMARTS) is 1. The lowest BCUT2D eigenvalue weighted by Crippen LogP contribution is -2.16. The minimum Gasteiger partial charge on any atom is -0.481 e. The Morgan fingerprint density at radius 3 is 2.29 bits per heavy atom. The SMILES string of the molecule is Cc1nc(-c2ccc(C(F)(F)F)cc2)sc1CSc1ccc(C2CCC(CC(=O)O)CC2)cc1.